The number of ether oxygens (including phenoxy) is 2. The molecule has 4 rings (SSSR count). The van der Waals surface area contributed by atoms with E-state index >= 15 is 0 Å². The largest absolute Gasteiger partial charge is 0.497 e. The lowest BCUT2D eigenvalue weighted by Gasteiger charge is -2.27. The average Bonchev–Trinajstić information content (AvgIpc) is 3.20. The van der Waals surface area contributed by atoms with Gasteiger partial charge in [0.1, 0.15) is 15.8 Å². The third kappa shape index (κ3) is 4.41. The Bertz CT molecular complexity index is 1110. The number of hydrogen-bond acceptors (Lipinski definition) is 7. The number of piperidine rings is 1. The van der Waals surface area contributed by atoms with Crippen LogP contribution in [-0.2, 0) is 34.3 Å². The highest BCUT2D eigenvalue weighted by Crippen LogP contribution is 2.39. The summed E-state index contributed by atoms with van der Waals surface area (Å²) in [5.74, 6) is -0.352. The first-order chi connectivity index (χ1) is 15.3. The normalized spacial score (nSPS) is 17.7. The number of fused-ring (bicyclic) bond motifs is 1. The topological polar surface area (TPSA) is 76.2 Å². The molecule has 1 aromatic heterocycles. The van der Waals surface area contributed by atoms with E-state index in [2.05, 4.69) is 4.90 Å². The molecular weight excluding hydrogens is 455 g/mol. The fraction of sp³-hybridized carbons (Fsp3) is 0.500. The van der Waals surface area contributed by atoms with Crippen LogP contribution < -0.4 is 4.74 Å². The number of benzene rings is 1. The van der Waals surface area contributed by atoms with Gasteiger partial charge in [-0.05, 0) is 43.0 Å². The van der Waals surface area contributed by atoms with E-state index in [0.717, 1.165) is 41.0 Å². The summed E-state index contributed by atoms with van der Waals surface area (Å²) >= 11 is 1.14. The molecule has 0 aliphatic carbocycles. The molecule has 3 heterocycles. The number of halogens is 1. The van der Waals surface area contributed by atoms with Crippen LogP contribution >= 0.6 is 11.3 Å². The van der Waals surface area contributed by atoms with Crippen molar-refractivity contribution in [3.05, 3.63) is 45.6 Å². The fourth-order valence-electron chi connectivity index (χ4n) is 4.32. The number of sulfonamides is 1. The van der Waals surface area contributed by atoms with Crippen molar-refractivity contribution in [3.63, 3.8) is 0 Å². The molecule has 10 heteroatoms. The molecule has 0 amide bonds. The van der Waals surface area contributed by atoms with Crippen LogP contribution in [0.5, 0.6) is 5.75 Å². The standard InChI is InChI=1S/C22H27FN2O5S2/c1-29-16-6-7-18(23)15(12-16)13-24-11-8-17-19(14-24)31-22(20(17)21(26)30-2)32(27,28)25-9-4-3-5-10-25/h6-7,12H,3-5,8-11,13-14H2,1-2H3. The quantitative estimate of drug-likeness (QED) is 0.588. The molecule has 0 N–H and O–H groups in total. The summed E-state index contributed by atoms with van der Waals surface area (Å²) < 4.78 is 52.8. The maximum Gasteiger partial charge on any atom is 0.340 e. The lowest BCUT2D eigenvalue weighted by Crippen LogP contribution is -2.36. The second-order valence-corrected chi connectivity index (χ2v) is 11.3. The van der Waals surface area contributed by atoms with Crippen LogP contribution in [0.1, 0.15) is 45.6 Å². The van der Waals surface area contributed by atoms with Crippen molar-refractivity contribution >= 4 is 27.3 Å². The van der Waals surface area contributed by atoms with E-state index in [1.54, 1.807) is 12.1 Å². The van der Waals surface area contributed by atoms with Crippen molar-refractivity contribution in [1.29, 1.82) is 0 Å². The number of rotatable bonds is 6. The molecule has 1 saturated heterocycles. The van der Waals surface area contributed by atoms with Gasteiger partial charge in [-0.3, -0.25) is 4.90 Å². The van der Waals surface area contributed by atoms with Gasteiger partial charge in [0.2, 0.25) is 0 Å². The highest BCUT2D eigenvalue weighted by Gasteiger charge is 2.37. The number of esters is 1. The number of carbonyl (C=O) groups is 1. The predicted octanol–water partition coefficient (Wildman–Crippen LogP) is 3.42. The minimum Gasteiger partial charge on any atom is -0.497 e. The number of hydrogen-bond donors (Lipinski definition) is 0. The van der Waals surface area contributed by atoms with Crippen LogP contribution in [0.3, 0.4) is 0 Å². The predicted molar refractivity (Wildman–Crippen MR) is 119 cm³/mol. The molecule has 1 aromatic carbocycles. The minimum atomic E-state index is -3.78. The number of methoxy groups -OCH3 is 2. The van der Waals surface area contributed by atoms with Gasteiger partial charge in [-0.2, -0.15) is 4.31 Å². The first-order valence-corrected chi connectivity index (χ1v) is 12.9. The van der Waals surface area contributed by atoms with Crippen LogP contribution in [0, 0.1) is 5.82 Å². The van der Waals surface area contributed by atoms with E-state index in [0.29, 0.717) is 50.5 Å². The zero-order chi connectivity index (χ0) is 22.9. The molecule has 7 nitrogen and oxygen atoms in total. The van der Waals surface area contributed by atoms with Gasteiger partial charge in [0.15, 0.2) is 0 Å². The fourth-order valence-corrected chi connectivity index (χ4v) is 7.90. The Morgan fingerprint density at radius 3 is 2.59 bits per heavy atom. The third-order valence-corrected chi connectivity index (χ3v) is 9.64. The van der Waals surface area contributed by atoms with Gasteiger partial charge < -0.3 is 9.47 Å². The van der Waals surface area contributed by atoms with Crippen LogP contribution in [0.2, 0.25) is 0 Å². The molecule has 2 aliphatic rings. The summed E-state index contributed by atoms with van der Waals surface area (Å²) in [4.78, 5) is 15.5. The van der Waals surface area contributed by atoms with Crippen molar-refractivity contribution in [3.8, 4) is 5.75 Å². The van der Waals surface area contributed by atoms with E-state index in [9.17, 15) is 17.6 Å². The van der Waals surface area contributed by atoms with E-state index in [-0.39, 0.29) is 15.6 Å². The summed E-state index contributed by atoms with van der Waals surface area (Å²) in [5, 5.41) is 0. The first-order valence-electron chi connectivity index (χ1n) is 10.6. The van der Waals surface area contributed by atoms with Crippen molar-refractivity contribution < 1.29 is 27.1 Å². The summed E-state index contributed by atoms with van der Waals surface area (Å²) in [5.41, 5.74) is 1.42. The Morgan fingerprint density at radius 2 is 1.91 bits per heavy atom. The molecule has 0 bridgehead atoms. The second kappa shape index (κ2) is 9.46. The summed E-state index contributed by atoms with van der Waals surface area (Å²) in [6.07, 6.45) is 3.14. The Morgan fingerprint density at radius 1 is 1.16 bits per heavy atom. The molecule has 32 heavy (non-hydrogen) atoms. The second-order valence-electron chi connectivity index (χ2n) is 8.04. The molecule has 0 unspecified atom stereocenters. The molecule has 1 fully saturated rings. The number of nitrogens with zero attached hydrogens (tertiary/aromatic N) is 2. The highest BCUT2D eigenvalue weighted by molar-refractivity contribution is 7.91. The van der Waals surface area contributed by atoms with E-state index in [1.807, 2.05) is 0 Å². The van der Waals surface area contributed by atoms with Crippen LogP contribution in [0.25, 0.3) is 0 Å². The monoisotopic (exact) mass is 482 g/mol. The van der Waals surface area contributed by atoms with Gasteiger partial charge in [0.05, 0.1) is 19.8 Å². The van der Waals surface area contributed by atoms with Crippen molar-refractivity contribution in [2.24, 2.45) is 0 Å². The Balaban J connectivity index is 1.65. The van der Waals surface area contributed by atoms with Crippen LogP contribution in [-0.4, -0.2) is 57.4 Å². The van der Waals surface area contributed by atoms with E-state index in [4.69, 9.17) is 9.47 Å². The number of thiophene rings is 1. The molecule has 2 aliphatic heterocycles. The highest BCUT2D eigenvalue weighted by atomic mass is 32.2. The average molecular weight is 483 g/mol. The summed E-state index contributed by atoms with van der Waals surface area (Å²) in [6, 6.07) is 4.63. The van der Waals surface area contributed by atoms with Gasteiger partial charge in [-0.1, -0.05) is 6.42 Å². The first kappa shape index (κ1) is 23.2. The zero-order valence-electron chi connectivity index (χ0n) is 18.2. The summed E-state index contributed by atoms with van der Waals surface area (Å²) in [6.45, 7) is 2.31. The SMILES string of the molecule is COC(=O)c1c(S(=O)(=O)N2CCCCC2)sc2c1CCN(Cc1cc(OC)ccc1F)C2. The lowest BCUT2D eigenvalue weighted by atomic mass is 10.0. The van der Waals surface area contributed by atoms with Gasteiger partial charge in [0.25, 0.3) is 10.0 Å². The Kier molecular flexibility index (Phi) is 6.85. The van der Waals surface area contributed by atoms with E-state index in [1.165, 1.54) is 24.6 Å². The number of carbonyl (C=O) groups excluding carboxylic acids is 1. The Hall–Kier alpha value is -2.01. The van der Waals surface area contributed by atoms with Gasteiger partial charge in [0, 0.05) is 43.2 Å². The molecule has 2 aromatic rings. The van der Waals surface area contributed by atoms with Crippen LogP contribution in [0.15, 0.2) is 22.4 Å². The molecule has 0 spiro atoms. The third-order valence-electron chi connectivity index (χ3n) is 6.03. The van der Waals surface area contributed by atoms with Crippen molar-refractivity contribution in [2.45, 2.75) is 43.0 Å². The molecule has 0 radical (unpaired) electrons. The zero-order valence-corrected chi connectivity index (χ0v) is 19.9. The maximum atomic E-state index is 14.3. The van der Waals surface area contributed by atoms with Crippen LogP contribution in [0.4, 0.5) is 4.39 Å². The van der Waals surface area contributed by atoms with E-state index < -0.39 is 16.0 Å². The molecule has 0 saturated carbocycles. The molecular formula is C22H27FN2O5S2. The maximum absolute atomic E-state index is 14.3. The van der Waals surface area contributed by atoms with Crippen molar-refractivity contribution in [1.82, 2.24) is 9.21 Å². The molecule has 174 valence electrons. The lowest BCUT2D eigenvalue weighted by molar-refractivity contribution is 0.0595. The summed E-state index contributed by atoms with van der Waals surface area (Å²) in [7, 11) is -0.974. The van der Waals surface area contributed by atoms with Gasteiger partial charge in [-0.25, -0.2) is 17.6 Å². The van der Waals surface area contributed by atoms with Crippen molar-refractivity contribution in [2.75, 3.05) is 33.9 Å². The smallest absolute Gasteiger partial charge is 0.340 e. The van der Waals surface area contributed by atoms with Gasteiger partial charge >= 0.3 is 5.97 Å². The Labute approximate surface area is 191 Å². The van der Waals surface area contributed by atoms with Gasteiger partial charge in [-0.15, -0.1) is 11.3 Å². The minimum absolute atomic E-state index is 0.0747. The molecule has 0 atom stereocenters.